The Kier molecular flexibility index (Phi) is 5.68. The van der Waals surface area contributed by atoms with Crippen molar-refractivity contribution in [1.82, 2.24) is 4.98 Å². The molecule has 0 atom stereocenters. The van der Waals surface area contributed by atoms with Crippen molar-refractivity contribution in [3.63, 3.8) is 0 Å². The van der Waals surface area contributed by atoms with Gasteiger partial charge in [0, 0.05) is 22.5 Å². The lowest BCUT2D eigenvalue weighted by Gasteiger charge is -2.11. The van der Waals surface area contributed by atoms with Gasteiger partial charge in [0.25, 0.3) is 11.8 Å². The van der Waals surface area contributed by atoms with Gasteiger partial charge in [-0.1, -0.05) is 29.8 Å². The Morgan fingerprint density at radius 3 is 2.48 bits per heavy atom. The monoisotopic (exact) mass is 381 g/mol. The number of nitrogens with one attached hydrogen (secondary N) is 2. The molecule has 0 unspecified atom stereocenters. The van der Waals surface area contributed by atoms with E-state index < -0.39 is 5.91 Å². The highest BCUT2D eigenvalue weighted by Crippen LogP contribution is 2.28. The van der Waals surface area contributed by atoms with Gasteiger partial charge in [-0.15, -0.1) is 0 Å². The summed E-state index contributed by atoms with van der Waals surface area (Å²) in [6.45, 7) is 0. The summed E-state index contributed by atoms with van der Waals surface area (Å²) in [4.78, 5) is 28.9. The fraction of sp³-hybridized carbons (Fsp3) is 0.0500. The Morgan fingerprint density at radius 1 is 0.963 bits per heavy atom. The number of rotatable bonds is 5. The molecular weight excluding hydrogens is 366 g/mol. The van der Waals surface area contributed by atoms with Crippen molar-refractivity contribution in [1.29, 1.82) is 0 Å². The number of carbonyl (C=O) groups excluding carboxylic acids is 2. The summed E-state index contributed by atoms with van der Waals surface area (Å²) in [7, 11) is 1.49. The molecule has 0 saturated heterocycles. The lowest BCUT2D eigenvalue weighted by Crippen LogP contribution is -2.17. The second kappa shape index (κ2) is 8.33. The maximum Gasteiger partial charge on any atom is 0.274 e. The molecule has 0 saturated carbocycles. The van der Waals surface area contributed by atoms with E-state index in [9.17, 15) is 9.59 Å². The number of anilines is 2. The molecule has 0 aliphatic rings. The van der Waals surface area contributed by atoms with Crippen molar-refractivity contribution in [2.75, 3.05) is 17.7 Å². The number of ether oxygens (including phenoxy) is 1. The summed E-state index contributed by atoms with van der Waals surface area (Å²) in [5.74, 6) is -0.353. The summed E-state index contributed by atoms with van der Waals surface area (Å²) in [6.07, 6.45) is 1.41. The zero-order valence-corrected chi connectivity index (χ0v) is 15.2. The molecule has 2 aromatic carbocycles. The lowest BCUT2D eigenvalue weighted by molar-refractivity contribution is 0.102. The first kappa shape index (κ1) is 18.4. The average molecular weight is 382 g/mol. The van der Waals surface area contributed by atoms with E-state index in [0.29, 0.717) is 27.7 Å². The van der Waals surface area contributed by atoms with Crippen molar-refractivity contribution in [3.8, 4) is 5.75 Å². The molecule has 2 amide bonds. The van der Waals surface area contributed by atoms with Crippen LogP contribution in [0.3, 0.4) is 0 Å². The van der Waals surface area contributed by atoms with Crippen LogP contribution in [0.2, 0.25) is 5.02 Å². The number of aromatic nitrogens is 1. The van der Waals surface area contributed by atoms with Crippen molar-refractivity contribution in [3.05, 3.63) is 83.1 Å². The molecule has 3 aromatic rings. The Balaban J connectivity index is 1.78. The molecule has 0 aliphatic heterocycles. The fourth-order valence-corrected chi connectivity index (χ4v) is 2.56. The van der Waals surface area contributed by atoms with Crippen LogP contribution in [-0.2, 0) is 0 Å². The average Bonchev–Trinajstić information content (AvgIpc) is 2.69. The van der Waals surface area contributed by atoms with Gasteiger partial charge in [-0.05, 0) is 42.5 Å². The number of para-hydroxylation sites is 1. The third-order valence-corrected chi connectivity index (χ3v) is 3.93. The molecule has 0 aliphatic carbocycles. The molecule has 6 nitrogen and oxygen atoms in total. The van der Waals surface area contributed by atoms with Crippen molar-refractivity contribution < 1.29 is 14.3 Å². The van der Waals surface area contributed by atoms with Gasteiger partial charge >= 0.3 is 0 Å². The number of benzene rings is 2. The summed E-state index contributed by atoms with van der Waals surface area (Å²) in [6, 6.07) is 16.9. The number of carbonyl (C=O) groups is 2. The predicted molar refractivity (Wildman–Crippen MR) is 105 cm³/mol. The third kappa shape index (κ3) is 4.62. The molecule has 136 valence electrons. The van der Waals surface area contributed by atoms with E-state index in [0.717, 1.165) is 0 Å². The van der Waals surface area contributed by atoms with Crippen LogP contribution in [0.4, 0.5) is 11.4 Å². The first-order chi connectivity index (χ1) is 13.1. The fourth-order valence-electron chi connectivity index (χ4n) is 2.38. The van der Waals surface area contributed by atoms with Crippen molar-refractivity contribution in [2.45, 2.75) is 0 Å². The van der Waals surface area contributed by atoms with Crippen LogP contribution in [0.25, 0.3) is 0 Å². The number of hydrogen-bond donors (Lipinski definition) is 2. The van der Waals surface area contributed by atoms with E-state index in [4.69, 9.17) is 16.3 Å². The minimum Gasteiger partial charge on any atom is -0.495 e. The van der Waals surface area contributed by atoms with Gasteiger partial charge in [0.05, 0.1) is 12.8 Å². The van der Waals surface area contributed by atoms with Gasteiger partial charge in [-0.25, -0.2) is 0 Å². The molecule has 7 heteroatoms. The van der Waals surface area contributed by atoms with Crippen LogP contribution >= 0.6 is 11.6 Å². The van der Waals surface area contributed by atoms with Crippen LogP contribution in [0, 0.1) is 0 Å². The molecule has 0 radical (unpaired) electrons. The van der Waals surface area contributed by atoms with Gasteiger partial charge < -0.3 is 15.4 Å². The normalized spacial score (nSPS) is 10.1. The topological polar surface area (TPSA) is 80.3 Å². The molecule has 1 heterocycles. The zero-order chi connectivity index (χ0) is 19.2. The maximum atomic E-state index is 12.5. The van der Waals surface area contributed by atoms with Gasteiger partial charge in [0.1, 0.15) is 11.4 Å². The molecule has 1 aromatic heterocycles. The SMILES string of the molecule is COc1ccc(Cl)cc1NC(=O)c1cc(C(=O)Nc2ccccc2)ccn1. The first-order valence-electron chi connectivity index (χ1n) is 8.04. The number of pyridine rings is 1. The highest BCUT2D eigenvalue weighted by molar-refractivity contribution is 6.31. The molecule has 0 bridgehead atoms. The number of nitrogens with zero attached hydrogens (tertiary/aromatic N) is 1. The van der Waals surface area contributed by atoms with Crippen LogP contribution in [-0.4, -0.2) is 23.9 Å². The molecule has 0 spiro atoms. The standard InChI is InChI=1S/C20H16ClN3O3/c1-27-18-8-7-14(21)12-16(18)24-20(26)17-11-13(9-10-22-17)19(25)23-15-5-3-2-4-6-15/h2-12H,1H3,(H,23,25)(H,24,26). The van der Waals surface area contributed by atoms with Crippen LogP contribution in [0.1, 0.15) is 20.8 Å². The third-order valence-electron chi connectivity index (χ3n) is 3.70. The summed E-state index contributed by atoms with van der Waals surface area (Å²) < 4.78 is 5.21. The quantitative estimate of drug-likeness (QED) is 0.692. The van der Waals surface area contributed by atoms with E-state index >= 15 is 0 Å². The molecule has 2 N–H and O–H groups in total. The number of halogens is 1. The minimum atomic E-state index is -0.482. The van der Waals surface area contributed by atoms with Crippen LogP contribution in [0.15, 0.2) is 66.9 Å². The molecule has 27 heavy (non-hydrogen) atoms. The summed E-state index contributed by atoms with van der Waals surface area (Å²) >= 11 is 5.97. The molecule has 3 rings (SSSR count). The Labute approximate surface area is 161 Å². The lowest BCUT2D eigenvalue weighted by atomic mass is 10.2. The second-order valence-corrected chi connectivity index (χ2v) is 5.99. The van der Waals surface area contributed by atoms with Gasteiger partial charge in [-0.3, -0.25) is 14.6 Å². The molecule has 0 fully saturated rings. The van der Waals surface area contributed by atoms with E-state index in [1.54, 1.807) is 30.3 Å². The van der Waals surface area contributed by atoms with Gasteiger partial charge in [0.15, 0.2) is 0 Å². The van der Waals surface area contributed by atoms with E-state index in [2.05, 4.69) is 15.6 Å². The first-order valence-corrected chi connectivity index (χ1v) is 8.42. The Hall–Kier alpha value is -3.38. The number of hydrogen-bond acceptors (Lipinski definition) is 4. The highest BCUT2D eigenvalue weighted by atomic mass is 35.5. The number of methoxy groups -OCH3 is 1. The van der Waals surface area contributed by atoms with Gasteiger partial charge in [0.2, 0.25) is 0 Å². The smallest absolute Gasteiger partial charge is 0.274 e. The minimum absolute atomic E-state index is 0.0951. The zero-order valence-electron chi connectivity index (χ0n) is 14.4. The Morgan fingerprint density at radius 2 is 1.74 bits per heavy atom. The Bertz CT molecular complexity index is 977. The van der Waals surface area contributed by atoms with E-state index in [-0.39, 0.29) is 11.6 Å². The van der Waals surface area contributed by atoms with E-state index in [1.165, 1.54) is 25.4 Å². The predicted octanol–water partition coefficient (Wildman–Crippen LogP) is 4.25. The van der Waals surface area contributed by atoms with Crippen molar-refractivity contribution >= 4 is 34.8 Å². The van der Waals surface area contributed by atoms with Crippen molar-refractivity contribution in [2.24, 2.45) is 0 Å². The highest BCUT2D eigenvalue weighted by Gasteiger charge is 2.14. The number of amides is 2. The maximum absolute atomic E-state index is 12.5. The van der Waals surface area contributed by atoms with E-state index in [1.807, 2.05) is 18.2 Å². The molecular formula is C20H16ClN3O3. The second-order valence-electron chi connectivity index (χ2n) is 5.55. The van der Waals surface area contributed by atoms with Crippen LogP contribution in [0.5, 0.6) is 5.75 Å². The van der Waals surface area contributed by atoms with Crippen LogP contribution < -0.4 is 15.4 Å². The van der Waals surface area contributed by atoms with Gasteiger partial charge in [-0.2, -0.15) is 0 Å². The summed E-state index contributed by atoms with van der Waals surface area (Å²) in [5, 5.41) is 5.91. The largest absolute Gasteiger partial charge is 0.495 e. The summed E-state index contributed by atoms with van der Waals surface area (Å²) in [5.41, 5.74) is 1.49.